The van der Waals surface area contributed by atoms with Crippen LogP contribution in [0.3, 0.4) is 0 Å². The first kappa shape index (κ1) is 17.1. The summed E-state index contributed by atoms with van der Waals surface area (Å²) in [6.07, 6.45) is -4.38. The summed E-state index contributed by atoms with van der Waals surface area (Å²) in [6.45, 7) is 1.90. The zero-order chi connectivity index (χ0) is 18.0. The Labute approximate surface area is 143 Å². The Morgan fingerprint density at radius 1 is 1.08 bits per heavy atom. The molecule has 1 heterocycles. The van der Waals surface area contributed by atoms with Crippen LogP contribution in [0.4, 0.5) is 18.9 Å². The van der Waals surface area contributed by atoms with Gasteiger partial charge in [-0.15, -0.1) is 0 Å². The molecule has 1 aromatic heterocycles. The Balaban J connectivity index is 1.98. The zero-order valence-electron chi connectivity index (χ0n) is 13.8. The lowest BCUT2D eigenvalue weighted by atomic mass is 10.1. The van der Waals surface area contributed by atoms with E-state index in [0.717, 1.165) is 22.8 Å². The molecule has 0 saturated heterocycles. The molecule has 0 unspecified atom stereocenters. The lowest BCUT2D eigenvalue weighted by molar-refractivity contribution is -0.138. The molecule has 3 aromatic rings. The summed E-state index contributed by atoms with van der Waals surface area (Å²) in [5.74, 6) is 0.625. The molecule has 0 aliphatic rings. The number of fused-ring (bicyclic) bond motifs is 1. The van der Waals surface area contributed by atoms with E-state index < -0.39 is 11.7 Å². The molecule has 0 aliphatic heterocycles. The number of rotatable bonds is 4. The number of ether oxygens (including phenoxy) is 1. The number of hydrogen-bond donors (Lipinski definition) is 1. The van der Waals surface area contributed by atoms with Crippen molar-refractivity contribution in [2.45, 2.75) is 19.6 Å². The van der Waals surface area contributed by atoms with E-state index in [4.69, 9.17) is 4.74 Å². The first-order valence-corrected chi connectivity index (χ1v) is 7.73. The van der Waals surface area contributed by atoms with E-state index >= 15 is 0 Å². The summed E-state index contributed by atoms with van der Waals surface area (Å²) in [7, 11) is 1.56. The molecule has 0 saturated carbocycles. The summed E-state index contributed by atoms with van der Waals surface area (Å²) < 4.78 is 44.7. The molecular weight excluding hydrogens is 329 g/mol. The summed E-state index contributed by atoms with van der Waals surface area (Å²) in [5.41, 5.74) is 1.72. The van der Waals surface area contributed by atoms with Gasteiger partial charge in [-0.1, -0.05) is 30.3 Å². The fourth-order valence-electron chi connectivity index (χ4n) is 2.80. The maximum absolute atomic E-state index is 13.1. The minimum absolute atomic E-state index is 0.0610. The van der Waals surface area contributed by atoms with Gasteiger partial charge in [-0.2, -0.15) is 13.2 Å². The van der Waals surface area contributed by atoms with E-state index in [9.17, 15) is 13.2 Å². The van der Waals surface area contributed by atoms with Crippen LogP contribution in [0.5, 0.6) is 5.75 Å². The van der Waals surface area contributed by atoms with E-state index in [1.807, 2.05) is 25.1 Å². The highest BCUT2D eigenvalue weighted by atomic mass is 19.4. The maximum atomic E-state index is 13.1. The molecule has 2 aromatic carbocycles. The van der Waals surface area contributed by atoms with E-state index in [1.165, 1.54) is 12.1 Å². The zero-order valence-corrected chi connectivity index (χ0v) is 13.8. The second-order valence-electron chi connectivity index (χ2n) is 5.68. The van der Waals surface area contributed by atoms with Gasteiger partial charge in [0.05, 0.1) is 12.7 Å². The number of nitrogens with zero attached hydrogens (tertiary/aromatic N) is 1. The summed E-state index contributed by atoms with van der Waals surface area (Å²) in [5, 5.41) is 3.91. The molecule has 3 nitrogen and oxygen atoms in total. The number of para-hydroxylation sites is 1. The van der Waals surface area contributed by atoms with Gasteiger partial charge in [0.15, 0.2) is 0 Å². The third-order valence-corrected chi connectivity index (χ3v) is 3.94. The Morgan fingerprint density at radius 3 is 2.56 bits per heavy atom. The smallest absolute Gasteiger partial charge is 0.416 e. The van der Waals surface area contributed by atoms with E-state index in [-0.39, 0.29) is 12.1 Å². The Kier molecular flexibility index (Phi) is 4.53. The van der Waals surface area contributed by atoms with E-state index in [2.05, 4.69) is 10.3 Å². The molecule has 0 atom stereocenters. The quantitative estimate of drug-likeness (QED) is 0.706. The van der Waals surface area contributed by atoms with Crippen molar-refractivity contribution in [2.75, 3.05) is 12.4 Å². The van der Waals surface area contributed by atoms with Crippen molar-refractivity contribution in [1.82, 2.24) is 4.98 Å². The highest BCUT2D eigenvalue weighted by Crippen LogP contribution is 2.33. The van der Waals surface area contributed by atoms with Crippen molar-refractivity contribution < 1.29 is 17.9 Å². The van der Waals surface area contributed by atoms with Crippen LogP contribution in [0.2, 0.25) is 0 Å². The standard InChI is InChI=1S/C19H17F3N2O/c1-12-10-16(14-7-5-9-17(25-2)18(14)24-12)23-11-13-6-3-4-8-15(13)19(20,21)22/h3-10H,11H2,1-2H3,(H,23,24). The first-order chi connectivity index (χ1) is 11.9. The van der Waals surface area contributed by atoms with Gasteiger partial charge in [-0.25, -0.2) is 4.98 Å². The minimum atomic E-state index is -4.38. The van der Waals surface area contributed by atoms with Gasteiger partial charge in [0.1, 0.15) is 11.3 Å². The normalized spacial score (nSPS) is 11.6. The molecule has 130 valence electrons. The fourth-order valence-corrected chi connectivity index (χ4v) is 2.80. The van der Waals surface area contributed by atoms with Gasteiger partial charge < -0.3 is 10.1 Å². The van der Waals surface area contributed by atoms with Crippen LogP contribution in [-0.4, -0.2) is 12.1 Å². The Hall–Kier alpha value is -2.76. The molecule has 0 aliphatic carbocycles. The Morgan fingerprint density at radius 2 is 1.84 bits per heavy atom. The number of anilines is 1. The molecule has 0 fully saturated rings. The largest absolute Gasteiger partial charge is 0.494 e. The number of aryl methyl sites for hydroxylation is 1. The minimum Gasteiger partial charge on any atom is -0.494 e. The van der Waals surface area contributed by atoms with Crippen LogP contribution in [0.15, 0.2) is 48.5 Å². The number of hydrogen-bond acceptors (Lipinski definition) is 3. The van der Waals surface area contributed by atoms with Crippen LogP contribution >= 0.6 is 0 Å². The van der Waals surface area contributed by atoms with Gasteiger partial charge in [-0.3, -0.25) is 0 Å². The molecule has 0 amide bonds. The van der Waals surface area contributed by atoms with Gasteiger partial charge in [0.2, 0.25) is 0 Å². The van der Waals surface area contributed by atoms with E-state index in [1.54, 1.807) is 19.2 Å². The lowest BCUT2D eigenvalue weighted by Crippen LogP contribution is -2.12. The highest BCUT2D eigenvalue weighted by molar-refractivity contribution is 5.95. The number of halogens is 3. The van der Waals surface area contributed by atoms with Crippen LogP contribution < -0.4 is 10.1 Å². The molecule has 25 heavy (non-hydrogen) atoms. The summed E-state index contributed by atoms with van der Waals surface area (Å²) >= 11 is 0. The third kappa shape index (κ3) is 3.52. The molecule has 0 bridgehead atoms. The number of alkyl halides is 3. The molecule has 6 heteroatoms. The van der Waals surface area contributed by atoms with Gasteiger partial charge in [-0.05, 0) is 30.7 Å². The number of aromatic nitrogens is 1. The van der Waals surface area contributed by atoms with Crippen molar-refractivity contribution in [3.05, 3.63) is 65.4 Å². The Bertz CT molecular complexity index is 907. The highest BCUT2D eigenvalue weighted by Gasteiger charge is 2.32. The summed E-state index contributed by atoms with van der Waals surface area (Å²) in [6, 6.07) is 12.9. The van der Waals surface area contributed by atoms with Crippen molar-refractivity contribution in [1.29, 1.82) is 0 Å². The number of nitrogens with one attached hydrogen (secondary N) is 1. The van der Waals surface area contributed by atoms with Crippen LogP contribution in [0.1, 0.15) is 16.8 Å². The average Bonchev–Trinajstić information content (AvgIpc) is 2.58. The summed E-state index contributed by atoms with van der Waals surface area (Å²) in [4.78, 5) is 4.47. The van der Waals surface area contributed by atoms with Crippen molar-refractivity contribution in [3.8, 4) is 5.75 Å². The van der Waals surface area contributed by atoms with Crippen LogP contribution in [-0.2, 0) is 12.7 Å². The molecule has 0 spiro atoms. The van der Waals surface area contributed by atoms with Crippen molar-refractivity contribution in [2.24, 2.45) is 0 Å². The monoisotopic (exact) mass is 346 g/mol. The van der Waals surface area contributed by atoms with Crippen LogP contribution in [0.25, 0.3) is 10.9 Å². The number of methoxy groups -OCH3 is 1. The molecular formula is C19H17F3N2O. The SMILES string of the molecule is COc1cccc2c(NCc3ccccc3C(F)(F)F)cc(C)nc12. The third-order valence-electron chi connectivity index (χ3n) is 3.94. The van der Waals surface area contributed by atoms with Crippen molar-refractivity contribution >= 4 is 16.6 Å². The first-order valence-electron chi connectivity index (χ1n) is 7.73. The fraction of sp³-hybridized carbons (Fsp3) is 0.211. The second kappa shape index (κ2) is 6.63. The van der Waals surface area contributed by atoms with Gasteiger partial charge >= 0.3 is 6.18 Å². The predicted molar refractivity (Wildman–Crippen MR) is 91.8 cm³/mol. The van der Waals surface area contributed by atoms with E-state index in [0.29, 0.717) is 11.3 Å². The predicted octanol–water partition coefficient (Wildman–Crippen LogP) is 5.18. The van der Waals surface area contributed by atoms with Crippen molar-refractivity contribution in [3.63, 3.8) is 0 Å². The second-order valence-corrected chi connectivity index (χ2v) is 5.68. The maximum Gasteiger partial charge on any atom is 0.416 e. The average molecular weight is 346 g/mol. The molecule has 0 radical (unpaired) electrons. The molecule has 1 N–H and O–H groups in total. The molecule has 3 rings (SSSR count). The number of pyridine rings is 1. The van der Waals surface area contributed by atoms with Gasteiger partial charge in [0.25, 0.3) is 0 Å². The van der Waals surface area contributed by atoms with Gasteiger partial charge in [0, 0.05) is 23.3 Å². The van der Waals surface area contributed by atoms with Crippen LogP contribution in [0, 0.1) is 6.92 Å². The number of benzene rings is 2. The lowest BCUT2D eigenvalue weighted by Gasteiger charge is -2.16. The topological polar surface area (TPSA) is 34.1 Å².